The fourth-order valence-corrected chi connectivity index (χ4v) is 3.81. The predicted octanol–water partition coefficient (Wildman–Crippen LogP) is 1.46. The first kappa shape index (κ1) is 19.8. The first-order chi connectivity index (χ1) is 15.3. The summed E-state index contributed by atoms with van der Waals surface area (Å²) in [5.41, 5.74) is 4.09. The van der Waals surface area contributed by atoms with E-state index < -0.39 is 0 Å². The minimum atomic E-state index is -0.0241. The van der Waals surface area contributed by atoms with Crippen LogP contribution in [0.3, 0.4) is 0 Å². The Morgan fingerprint density at radius 1 is 1.16 bits per heavy atom. The van der Waals surface area contributed by atoms with Gasteiger partial charge in [0.1, 0.15) is 12.1 Å². The maximum atomic E-state index is 12.1. The molecule has 160 valence electrons. The molecule has 3 aromatic rings. The number of amides is 1. The number of pyridine rings is 1. The zero-order valence-corrected chi connectivity index (χ0v) is 17.1. The largest absolute Gasteiger partial charge is 0.374 e. The Labute approximate surface area is 179 Å². The number of benzene rings is 1. The number of rotatable bonds is 5. The number of anilines is 2. The van der Waals surface area contributed by atoms with E-state index in [9.17, 15) is 4.79 Å². The summed E-state index contributed by atoms with van der Waals surface area (Å²) in [7, 11) is 0. The number of carbonyl (C=O) groups excluding carboxylic acids is 1. The third-order valence-electron chi connectivity index (χ3n) is 5.42. The third kappa shape index (κ3) is 4.34. The molecule has 0 saturated carbocycles. The maximum Gasteiger partial charge on any atom is 0.253 e. The maximum absolute atomic E-state index is 12.1. The van der Waals surface area contributed by atoms with E-state index in [4.69, 9.17) is 14.5 Å². The van der Waals surface area contributed by atoms with Crippen LogP contribution in [0.2, 0.25) is 0 Å². The summed E-state index contributed by atoms with van der Waals surface area (Å²) in [5.74, 6) is 0.659. The Hall–Kier alpha value is -3.14. The van der Waals surface area contributed by atoms with Crippen LogP contribution in [0, 0.1) is 0 Å². The minimum absolute atomic E-state index is 0.0241. The molecule has 9 nitrogen and oxygen atoms in total. The van der Waals surface area contributed by atoms with Gasteiger partial charge in [0, 0.05) is 49.8 Å². The van der Waals surface area contributed by atoms with Gasteiger partial charge < -0.3 is 25.0 Å². The van der Waals surface area contributed by atoms with E-state index >= 15 is 0 Å². The van der Waals surface area contributed by atoms with Gasteiger partial charge in [-0.05, 0) is 18.2 Å². The summed E-state index contributed by atoms with van der Waals surface area (Å²) in [6.45, 7) is 4.26. The first-order valence-electron chi connectivity index (χ1n) is 10.4. The summed E-state index contributed by atoms with van der Waals surface area (Å²) < 4.78 is 11.0. The monoisotopic (exact) mass is 420 g/mol. The zero-order valence-electron chi connectivity index (χ0n) is 17.1. The van der Waals surface area contributed by atoms with Crippen molar-refractivity contribution in [2.75, 3.05) is 56.2 Å². The molecular formula is C22H24N6O3. The van der Waals surface area contributed by atoms with Crippen LogP contribution in [-0.2, 0) is 14.3 Å². The highest BCUT2D eigenvalue weighted by atomic mass is 16.5. The van der Waals surface area contributed by atoms with Gasteiger partial charge in [0.05, 0.1) is 30.5 Å². The summed E-state index contributed by atoms with van der Waals surface area (Å²) in [6.07, 6.45) is 3.43. The summed E-state index contributed by atoms with van der Waals surface area (Å²) in [4.78, 5) is 27.6. The molecule has 31 heavy (non-hydrogen) atoms. The molecule has 2 aromatic heterocycles. The number of hydrogen-bond acceptors (Lipinski definition) is 8. The van der Waals surface area contributed by atoms with Gasteiger partial charge in [-0.15, -0.1) is 0 Å². The van der Waals surface area contributed by atoms with E-state index in [1.807, 2.05) is 30.3 Å². The van der Waals surface area contributed by atoms with Crippen LogP contribution in [0.25, 0.3) is 22.3 Å². The van der Waals surface area contributed by atoms with Gasteiger partial charge in [0.2, 0.25) is 0 Å². The van der Waals surface area contributed by atoms with Crippen LogP contribution in [0.15, 0.2) is 42.7 Å². The lowest BCUT2D eigenvalue weighted by molar-refractivity contribution is -0.125. The second-order valence-electron chi connectivity index (χ2n) is 7.50. The van der Waals surface area contributed by atoms with Crippen LogP contribution in [0.4, 0.5) is 11.5 Å². The molecule has 0 spiro atoms. The van der Waals surface area contributed by atoms with Crippen molar-refractivity contribution in [3.63, 3.8) is 0 Å². The van der Waals surface area contributed by atoms with Crippen molar-refractivity contribution in [3.8, 4) is 11.3 Å². The molecule has 2 saturated heterocycles. The van der Waals surface area contributed by atoms with Gasteiger partial charge in [-0.1, -0.05) is 12.1 Å². The standard InChI is InChI=1S/C22H24N6O3/c29-20-14-30-10-8-28(20)16-3-1-15(2-4-16)18-11-19-21(25-6-5-24-19)22(27-18)26-13-17-12-23-7-9-31-17/h1-6,11,17,23H,7-10,12-14H2,(H,26,27). The second kappa shape index (κ2) is 8.93. The normalized spacial score (nSPS) is 19.5. The number of nitrogens with zero attached hydrogens (tertiary/aromatic N) is 4. The topological polar surface area (TPSA) is 102 Å². The highest BCUT2D eigenvalue weighted by Gasteiger charge is 2.20. The molecular weight excluding hydrogens is 396 g/mol. The van der Waals surface area contributed by atoms with Gasteiger partial charge in [-0.2, -0.15) is 0 Å². The first-order valence-corrected chi connectivity index (χ1v) is 10.4. The smallest absolute Gasteiger partial charge is 0.253 e. The molecule has 0 bridgehead atoms. The van der Waals surface area contributed by atoms with Crippen molar-refractivity contribution in [1.29, 1.82) is 0 Å². The Morgan fingerprint density at radius 2 is 2.03 bits per heavy atom. The predicted molar refractivity (Wildman–Crippen MR) is 117 cm³/mol. The van der Waals surface area contributed by atoms with Crippen molar-refractivity contribution in [3.05, 3.63) is 42.7 Å². The van der Waals surface area contributed by atoms with Gasteiger partial charge in [0.25, 0.3) is 5.91 Å². The van der Waals surface area contributed by atoms with Crippen LogP contribution in [0.5, 0.6) is 0 Å². The molecule has 1 unspecified atom stereocenters. The van der Waals surface area contributed by atoms with Gasteiger partial charge in [-0.25, -0.2) is 9.97 Å². The summed E-state index contributed by atoms with van der Waals surface area (Å²) in [6, 6.07) is 9.76. The van der Waals surface area contributed by atoms with Gasteiger partial charge in [0.15, 0.2) is 5.82 Å². The highest BCUT2D eigenvalue weighted by Crippen LogP contribution is 2.27. The molecule has 2 aliphatic rings. The second-order valence-corrected chi connectivity index (χ2v) is 7.50. The number of hydrogen-bond donors (Lipinski definition) is 2. The molecule has 2 N–H and O–H groups in total. The van der Waals surface area contributed by atoms with Gasteiger partial charge in [-0.3, -0.25) is 9.78 Å². The molecule has 0 aliphatic carbocycles. The van der Waals surface area contributed by atoms with Crippen LogP contribution < -0.4 is 15.5 Å². The Bertz CT molecular complexity index is 1070. The molecule has 0 radical (unpaired) electrons. The number of nitrogens with one attached hydrogen (secondary N) is 2. The number of aromatic nitrogens is 3. The zero-order chi connectivity index (χ0) is 21.0. The number of carbonyl (C=O) groups is 1. The van der Waals surface area contributed by atoms with Crippen molar-refractivity contribution < 1.29 is 14.3 Å². The lowest BCUT2D eigenvalue weighted by Crippen LogP contribution is -2.42. The van der Waals surface area contributed by atoms with Crippen molar-refractivity contribution in [1.82, 2.24) is 20.3 Å². The average Bonchev–Trinajstić information content (AvgIpc) is 2.83. The fraction of sp³-hybridized carbons (Fsp3) is 0.364. The lowest BCUT2D eigenvalue weighted by Gasteiger charge is -2.27. The fourth-order valence-electron chi connectivity index (χ4n) is 3.81. The van der Waals surface area contributed by atoms with Crippen LogP contribution in [0.1, 0.15) is 0 Å². The highest BCUT2D eigenvalue weighted by molar-refractivity contribution is 5.95. The van der Waals surface area contributed by atoms with Crippen molar-refractivity contribution in [2.24, 2.45) is 0 Å². The lowest BCUT2D eigenvalue weighted by atomic mass is 10.1. The Kier molecular flexibility index (Phi) is 5.70. The Morgan fingerprint density at radius 3 is 2.84 bits per heavy atom. The van der Waals surface area contributed by atoms with Crippen LogP contribution >= 0.6 is 0 Å². The van der Waals surface area contributed by atoms with Gasteiger partial charge >= 0.3 is 0 Å². The molecule has 5 rings (SSSR count). The Balaban J connectivity index is 1.42. The molecule has 9 heteroatoms. The van der Waals surface area contributed by atoms with E-state index in [1.165, 1.54) is 0 Å². The summed E-state index contributed by atoms with van der Waals surface area (Å²) >= 11 is 0. The average molecular weight is 420 g/mol. The summed E-state index contributed by atoms with van der Waals surface area (Å²) in [5, 5.41) is 6.72. The molecule has 2 fully saturated rings. The van der Waals surface area contributed by atoms with E-state index in [1.54, 1.807) is 17.3 Å². The van der Waals surface area contributed by atoms with E-state index in [0.717, 1.165) is 41.1 Å². The van der Waals surface area contributed by atoms with E-state index in [-0.39, 0.29) is 18.6 Å². The number of fused-ring (bicyclic) bond motifs is 1. The number of ether oxygens (including phenoxy) is 2. The quantitative estimate of drug-likeness (QED) is 0.640. The van der Waals surface area contributed by atoms with Crippen molar-refractivity contribution in [2.45, 2.75) is 6.10 Å². The SMILES string of the molecule is O=C1COCCN1c1ccc(-c2cc3nccnc3c(NCC3CNCCO3)n2)cc1. The third-order valence-corrected chi connectivity index (χ3v) is 5.42. The van der Waals surface area contributed by atoms with Crippen molar-refractivity contribution >= 4 is 28.4 Å². The molecule has 1 amide bonds. The molecule has 2 aliphatic heterocycles. The molecule has 1 aromatic carbocycles. The van der Waals surface area contributed by atoms with Crippen LogP contribution in [-0.4, -0.2) is 73.0 Å². The molecule has 4 heterocycles. The van der Waals surface area contributed by atoms with E-state index in [0.29, 0.717) is 32.1 Å². The number of morpholine rings is 2. The van der Waals surface area contributed by atoms with E-state index in [2.05, 4.69) is 20.6 Å². The minimum Gasteiger partial charge on any atom is -0.374 e. The molecule has 1 atom stereocenters.